The maximum absolute atomic E-state index is 12.7. The van der Waals surface area contributed by atoms with Crippen LogP contribution in [-0.4, -0.2) is 20.1 Å². The van der Waals surface area contributed by atoms with Gasteiger partial charge in [0.1, 0.15) is 22.8 Å². The molecule has 0 saturated carbocycles. The molecule has 4 aromatic rings. The molecule has 150 valence electrons. The Hall–Kier alpha value is -4.06. The van der Waals surface area contributed by atoms with Crippen LogP contribution in [0.3, 0.4) is 0 Å². The summed E-state index contributed by atoms with van der Waals surface area (Å²) in [6.45, 7) is 0. The molecule has 0 aliphatic rings. The van der Waals surface area contributed by atoms with E-state index in [0.717, 1.165) is 0 Å². The van der Waals surface area contributed by atoms with Gasteiger partial charge in [-0.05, 0) is 48.5 Å². The van der Waals surface area contributed by atoms with Gasteiger partial charge < -0.3 is 19.2 Å². The van der Waals surface area contributed by atoms with Gasteiger partial charge in [-0.15, -0.1) is 0 Å². The monoisotopic (exact) mass is 401 g/mol. The summed E-state index contributed by atoms with van der Waals surface area (Å²) in [5.74, 6) is 1.31. The summed E-state index contributed by atoms with van der Waals surface area (Å²) in [5, 5.41) is 3.17. The van der Waals surface area contributed by atoms with Gasteiger partial charge in [0, 0.05) is 17.3 Å². The van der Waals surface area contributed by atoms with Crippen molar-refractivity contribution in [1.29, 1.82) is 0 Å². The maximum atomic E-state index is 12.7. The molecule has 1 N–H and O–H groups in total. The molecule has 0 aliphatic heterocycles. The average Bonchev–Trinajstić information content (AvgIpc) is 2.79. The van der Waals surface area contributed by atoms with Gasteiger partial charge in [0.25, 0.3) is 5.91 Å². The first-order valence-electron chi connectivity index (χ1n) is 9.26. The first kappa shape index (κ1) is 19.3. The van der Waals surface area contributed by atoms with E-state index in [2.05, 4.69) is 5.32 Å². The van der Waals surface area contributed by atoms with Gasteiger partial charge in [-0.1, -0.05) is 18.2 Å². The van der Waals surface area contributed by atoms with Gasteiger partial charge >= 0.3 is 0 Å². The van der Waals surface area contributed by atoms with Crippen molar-refractivity contribution in [3.63, 3.8) is 0 Å². The largest absolute Gasteiger partial charge is 0.497 e. The summed E-state index contributed by atoms with van der Waals surface area (Å²) in [4.78, 5) is 25.3. The van der Waals surface area contributed by atoms with Gasteiger partial charge in [0.15, 0.2) is 5.43 Å². The molecule has 0 unspecified atom stereocenters. The number of carbonyl (C=O) groups is 1. The minimum atomic E-state index is -0.303. The van der Waals surface area contributed by atoms with Crippen LogP contribution in [0.25, 0.3) is 22.3 Å². The summed E-state index contributed by atoms with van der Waals surface area (Å²) in [6, 6.07) is 20.5. The fraction of sp³-hybridized carbons (Fsp3) is 0.0833. The number of amides is 1. The molecule has 0 spiro atoms. The lowest BCUT2D eigenvalue weighted by atomic mass is 10.1. The summed E-state index contributed by atoms with van der Waals surface area (Å²) in [5.41, 5.74) is 1.84. The number of ether oxygens (including phenoxy) is 2. The minimum absolute atomic E-state index is 0.213. The first-order valence-corrected chi connectivity index (χ1v) is 9.26. The van der Waals surface area contributed by atoms with Gasteiger partial charge in [-0.3, -0.25) is 9.59 Å². The number of methoxy groups -OCH3 is 2. The first-order chi connectivity index (χ1) is 14.6. The second-order valence-electron chi connectivity index (χ2n) is 6.57. The Bertz CT molecular complexity index is 1290. The Kier molecular flexibility index (Phi) is 5.22. The topological polar surface area (TPSA) is 77.8 Å². The molecule has 1 amide bonds. The van der Waals surface area contributed by atoms with Crippen molar-refractivity contribution >= 4 is 22.6 Å². The summed E-state index contributed by atoms with van der Waals surface area (Å²) < 4.78 is 16.4. The lowest BCUT2D eigenvalue weighted by molar-refractivity contribution is 0.102. The highest BCUT2D eigenvalue weighted by Gasteiger charge is 2.13. The third kappa shape index (κ3) is 3.75. The van der Waals surface area contributed by atoms with Gasteiger partial charge in [-0.2, -0.15) is 0 Å². The zero-order valence-corrected chi connectivity index (χ0v) is 16.5. The second-order valence-corrected chi connectivity index (χ2v) is 6.57. The van der Waals surface area contributed by atoms with Crippen LogP contribution in [-0.2, 0) is 0 Å². The predicted molar refractivity (Wildman–Crippen MR) is 115 cm³/mol. The smallest absolute Gasteiger partial charge is 0.255 e. The highest BCUT2D eigenvalue weighted by molar-refractivity contribution is 6.05. The van der Waals surface area contributed by atoms with Crippen LogP contribution in [0, 0.1) is 0 Å². The molecule has 3 aromatic carbocycles. The Labute approximate surface area is 172 Å². The molecule has 0 saturated heterocycles. The standard InChI is InChI=1S/C24H19NO5/c1-28-17-7-5-6-15(12-17)24(27)25-16-10-11-22-19(13-16)20(26)14-23(30-22)18-8-3-4-9-21(18)29-2/h3-14H,1-2H3,(H,25,27). The SMILES string of the molecule is COc1cccc(C(=O)Nc2ccc3oc(-c4ccccc4OC)cc(=O)c3c2)c1. The van der Waals surface area contributed by atoms with Crippen LogP contribution in [0.2, 0.25) is 0 Å². The number of nitrogens with one attached hydrogen (secondary N) is 1. The van der Waals surface area contributed by atoms with Gasteiger partial charge in [-0.25, -0.2) is 0 Å². The van der Waals surface area contributed by atoms with Crippen LogP contribution < -0.4 is 20.2 Å². The van der Waals surface area contributed by atoms with Gasteiger partial charge in [0.05, 0.1) is 25.2 Å². The Morgan fingerprint density at radius 3 is 2.53 bits per heavy atom. The third-order valence-electron chi connectivity index (χ3n) is 4.69. The zero-order valence-electron chi connectivity index (χ0n) is 16.5. The minimum Gasteiger partial charge on any atom is -0.497 e. The van der Waals surface area contributed by atoms with Gasteiger partial charge in [0.2, 0.25) is 0 Å². The fourth-order valence-corrected chi connectivity index (χ4v) is 3.18. The van der Waals surface area contributed by atoms with E-state index in [4.69, 9.17) is 13.9 Å². The number of anilines is 1. The van der Waals surface area contributed by atoms with Crippen LogP contribution in [0.5, 0.6) is 11.5 Å². The molecule has 0 atom stereocenters. The van der Waals surface area contributed by atoms with E-state index >= 15 is 0 Å². The van der Waals surface area contributed by atoms with E-state index in [1.54, 1.807) is 62.8 Å². The molecule has 6 nitrogen and oxygen atoms in total. The molecule has 0 radical (unpaired) electrons. The fourth-order valence-electron chi connectivity index (χ4n) is 3.18. The number of carbonyl (C=O) groups excluding carboxylic acids is 1. The highest BCUT2D eigenvalue weighted by Crippen LogP contribution is 2.31. The van der Waals surface area contributed by atoms with Crippen LogP contribution in [0.1, 0.15) is 10.4 Å². The summed E-state index contributed by atoms with van der Waals surface area (Å²) in [7, 11) is 3.11. The molecule has 0 bridgehead atoms. The molecule has 6 heteroatoms. The number of hydrogen-bond acceptors (Lipinski definition) is 5. The highest BCUT2D eigenvalue weighted by atomic mass is 16.5. The molecule has 0 fully saturated rings. The van der Waals surface area contributed by atoms with E-state index < -0.39 is 0 Å². The van der Waals surface area contributed by atoms with Crippen molar-refractivity contribution in [2.24, 2.45) is 0 Å². The van der Waals surface area contributed by atoms with Crippen molar-refractivity contribution < 1.29 is 18.7 Å². The van der Waals surface area contributed by atoms with Crippen molar-refractivity contribution in [3.8, 4) is 22.8 Å². The second kappa shape index (κ2) is 8.13. The number of rotatable bonds is 5. The molecular weight excluding hydrogens is 382 g/mol. The zero-order chi connectivity index (χ0) is 21.1. The number of fused-ring (bicyclic) bond motifs is 1. The predicted octanol–water partition coefficient (Wildman–Crippen LogP) is 4.73. The number of para-hydroxylation sites is 1. The number of benzene rings is 3. The van der Waals surface area contributed by atoms with Crippen LogP contribution in [0.15, 0.2) is 82.0 Å². The van der Waals surface area contributed by atoms with Crippen molar-refractivity contribution in [2.75, 3.05) is 19.5 Å². The Balaban J connectivity index is 1.67. The van der Waals surface area contributed by atoms with Crippen molar-refractivity contribution in [2.45, 2.75) is 0 Å². The lowest BCUT2D eigenvalue weighted by Crippen LogP contribution is -2.12. The van der Waals surface area contributed by atoms with Crippen molar-refractivity contribution in [3.05, 3.63) is 88.6 Å². The van der Waals surface area contributed by atoms with E-state index in [1.807, 2.05) is 18.2 Å². The van der Waals surface area contributed by atoms with Crippen LogP contribution in [0.4, 0.5) is 5.69 Å². The molecule has 1 heterocycles. The van der Waals surface area contributed by atoms with E-state index in [0.29, 0.717) is 45.0 Å². The molecule has 4 rings (SSSR count). The molecule has 1 aromatic heterocycles. The van der Waals surface area contributed by atoms with E-state index in [-0.39, 0.29) is 11.3 Å². The average molecular weight is 401 g/mol. The Morgan fingerprint density at radius 2 is 1.73 bits per heavy atom. The molecule has 30 heavy (non-hydrogen) atoms. The lowest BCUT2D eigenvalue weighted by Gasteiger charge is -2.10. The molecular formula is C24H19NO5. The normalized spacial score (nSPS) is 10.6. The Morgan fingerprint density at radius 1 is 0.900 bits per heavy atom. The quantitative estimate of drug-likeness (QED) is 0.523. The summed E-state index contributed by atoms with van der Waals surface area (Å²) in [6.07, 6.45) is 0. The van der Waals surface area contributed by atoms with Crippen molar-refractivity contribution in [1.82, 2.24) is 0 Å². The maximum Gasteiger partial charge on any atom is 0.255 e. The molecule has 0 aliphatic carbocycles. The number of hydrogen-bond donors (Lipinski definition) is 1. The van der Waals surface area contributed by atoms with E-state index in [9.17, 15) is 9.59 Å². The third-order valence-corrected chi connectivity index (χ3v) is 4.69. The van der Waals surface area contributed by atoms with Crippen LogP contribution >= 0.6 is 0 Å². The summed E-state index contributed by atoms with van der Waals surface area (Å²) >= 11 is 0. The van der Waals surface area contributed by atoms with E-state index in [1.165, 1.54) is 6.07 Å².